The fraction of sp³-hybridized carbons (Fsp3) is 0.474. The zero-order valence-corrected chi connectivity index (χ0v) is 14.7. The van der Waals surface area contributed by atoms with Gasteiger partial charge in [0.1, 0.15) is 5.82 Å². The topological polar surface area (TPSA) is 38.1 Å². The summed E-state index contributed by atoms with van der Waals surface area (Å²) in [6, 6.07) is 10.3. The molecule has 1 fully saturated rings. The van der Waals surface area contributed by atoms with Gasteiger partial charge < -0.3 is 4.90 Å². The summed E-state index contributed by atoms with van der Waals surface area (Å²) in [7, 11) is 0. The molecule has 0 atom stereocenters. The highest BCUT2D eigenvalue weighted by Gasteiger charge is 2.24. The van der Waals surface area contributed by atoms with Gasteiger partial charge in [0.15, 0.2) is 5.16 Å². The van der Waals surface area contributed by atoms with E-state index in [9.17, 15) is 4.79 Å². The molecule has 0 N–H and O–H groups in total. The van der Waals surface area contributed by atoms with Crippen LogP contribution in [0.5, 0.6) is 0 Å². The average molecular weight is 341 g/mol. The molecule has 2 aromatic rings. The smallest absolute Gasteiger partial charge is 0.259 e. The van der Waals surface area contributed by atoms with Crippen molar-refractivity contribution in [2.75, 3.05) is 23.7 Å². The van der Waals surface area contributed by atoms with E-state index in [1.54, 1.807) is 11.8 Å². The largest absolute Gasteiger partial charge is 0.356 e. The van der Waals surface area contributed by atoms with E-state index in [2.05, 4.69) is 17.0 Å². The first-order valence-electron chi connectivity index (χ1n) is 8.88. The number of fused-ring (bicyclic) bond motifs is 1. The van der Waals surface area contributed by atoms with E-state index in [1.165, 1.54) is 31.2 Å². The van der Waals surface area contributed by atoms with Crippen molar-refractivity contribution in [3.63, 3.8) is 0 Å². The number of rotatable bonds is 3. The first-order valence-corrected chi connectivity index (χ1v) is 9.87. The molecule has 0 amide bonds. The SMILES string of the molecule is O=c1c(Cc2ccccc2)c(N2CCCCCC2)nc2n1CCS2. The molecule has 5 heteroatoms. The van der Waals surface area contributed by atoms with E-state index in [-0.39, 0.29) is 5.56 Å². The number of benzene rings is 1. The molecule has 4 nitrogen and oxygen atoms in total. The standard InChI is InChI=1S/C19H23N3OS/c23-18-16(14-15-8-4-3-5-9-15)17(20-19-22(18)12-13-24-19)21-10-6-1-2-7-11-21/h3-5,8-9H,1-2,6-7,10-14H2. The van der Waals surface area contributed by atoms with E-state index in [4.69, 9.17) is 4.98 Å². The van der Waals surface area contributed by atoms with E-state index in [0.717, 1.165) is 41.9 Å². The predicted molar refractivity (Wildman–Crippen MR) is 99.2 cm³/mol. The number of aromatic nitrogens is 2. The summed E-state index contributed by atoms with van der Waals surface area (Å²) in [5.74, 6) is 1.89. The van der Waals surface area contributed by atoms with Crippen LogP contribution in [0.2, 0.25) is 0 Å². The molecule has 1 aromatic heterocycles. The number of hydrogen-bond donors (Lipinski definition) is 0. The van der Waals surface area contributed by atoms with Crippen molar-refractivity contribution in [1.29, 1.82) is 0 Å². The maximum Gasteiger partial charge on any atom is 0.259 e. The quantitative estimate of drug-likeness (QED) is 0.803. The Kier molecular flexibility index (Phi) is 4.60. The Morgan fingerprint density at radius 3 is 2.50 bits per heavy atom. The van der Waals surface area contributed by atoms with Crippen LogP contribution in [0.25, 0.3) is 0 Å². The summed E-state index contributed by atoms with van der Waals surface area (Å²) in [4.78, 5) is 20.4. The Hall–Kier alpha value is -1.75. The highest BCUT2D eigenvalue weighted by atomic mass is 32.2. The molecule has 3 heterocycles. The van der Waals surface area contributed by atoms with Crippen molar-refractivity contribution < 1.29 is 0 Å². The summed E-state index contributed by atoms with van der Waals surface area (Å²) in [6.45, 7) is 2.82. The summed E-state index contributed by atoms with van der Waals surface area (Å²) in [5, 5.41) is 0.899. The van der Waals surface area contributed by atoms with Crippen LogP contribution in [-0.4, -0.2) is 28.4 Å². The average Bonchev–Trinajstić information content (AvgIpc) is 2.92. The van der Waals surface area contributed by atoms with Gasteiger partial charge in [-0.3, -0.25) is 9.36 Å². The fourth-order valence-corrected chi connectivity index (χ4v) is 4.54. The van der Waals surface area contributed by atoms with Crippen LogP contribution in [0.1, 0.15) is 36.8 Å². The normalized spacial score (nSPS) is 17.6. The van der Waals surface area contributed by atoms with Crippen molar-refractivity contribution in [2.45, 2.75) is 43.8 Å². The Morgan fingerprint density at radius 1 is 1.00 bits per heavy atom. The molecule has 2 aliphatic rings. The van der Waals surface area contributed by atoms with Crippen molar-refractivity contribution >= 4 is 17.6 Å². The van der Waals surface area contributed by atoms with Gasteiger partial charge in [-0.15, -0.1) is 0 Å². The molecule has 2 aliphatic heterocycles. The van der Waals surface area contributed by atoms with Gasteiger partial charge in [-0.25, -0.2) is 4.98 Å². The van der Waals surface area contributed by atoms with Gasteiger partial charge in [0.2, 0.25) is 0 Å². The molecular weight excluding hydrogens is 318 g/mol. The lowest BCUT2D eigenvalue weighted by molar-refractivity contribution is 0.635. The van der Waals surface area contributed by atoms with Crippen LogP contribution < -0.4 is 10.5 Å². The van der Waals surface area contributed by atoms with E-state index in [1.807, 2.05) is 22.8 Å². The second-order valence-electron chi connectivity index (χ2n) is 6.57. The van der Waals surface area contributed by atoms with Crippen LogP contribution in [0.4, 0.5) is 5.82 Å². The zero-order chi connectivity index (χ0) is 16.4. The monoisotopic (exact) mass is 341 g/mol. The van der Waals surface area contributed by atoms with Crippen LogP contribution >= 0.6 is 11.8 Å². The van der Waals surface area contributed by atoms with Gasteiger partial charge in [0.05, 0.1) is 5.56 Å². The zero-order valence-electron chi connectivity index (χ0n) is 13.9. The van der Waals surface area contributed by atoms with E-state index < -0.39 is 0 Å². The van der Waals surface area contributed by atoms with E-state index in [0.29, 0.717) is 6.42 Å². The van der Waals surface area contributed by atoms with Crippen LogP contribution in [0, 0.1) is 0 Å². The molecule has 0 unspecified atom stereocenters. The minimum atomic E-state index is 0.160. The summed E-state index contributed by atoms with van der Waals surface area (Å²) >= 11 is 1.71. The Bertz CT molecular complexity index is 764. The first kappa shape index (κ1) is 15.8. The third-order valence-electron chi connectivity index (χ3n) is 4.88. The molecule has 1 aromatic carbocycles. The van der Waals surface area contributed by atoms with Gasteiger partial charge in [-0.05, 0) is 18.4 Å². The van der Waals surface area contributed by atoms with Crippen molar-refractivity contribution in [3.05, 3.63) is 51.8 Å². The molecule has 0 radical (unpaired) electrons. The van der Waals surface area contributed by atoms with Gasteiger partial charge in [-0.1, -0.05) is 54.9 Å². The molecule has 0 bridgehead atoms. The molecule has 4 rings (SSSR count). The molecule has 0 saturated carbocycles. The van der Waals surface area contributed by atoms with Gasteiger partial charge in [-0.2, -0.15) is 0 Å². The molecule has 0 spiro atoms. The highest BCUT2D eigenvalue weighted by molar-refractivity contribution is 7.99. The summed E-state index contributed by atoms with van der Waals surface area (Å²) < 4.78 is 1.87. The minimum absolute atomic E-state index is 0.160. The molecule has 126 valence electrons. The van der Waals surface area contributed by atoms with Crippen molar-refractivity contribution in [1.82, 2.24) is 9.55 Å². The fourth-order valence-electron chi connectivity index (χ4n) is 3.60. The van der Waals surface area contributed by atoms with Gasteiger partial charge in [0.25, 0.3) is 5.56 Å². The summed E-state index contributed by atoms with van der Waals surface area (Å²) in [6.07, 6.45) is 5.62. The maximum atomic E-state index is 13.1. The second-order valence-corrected chi connectivity index (χ2v) is 7.63. The number of nitrogens with zero attached hydrogens (tertiary/aromatic N) is 3. The van der Waals surface area contributed by atoms with Crippen LogP contribution in [0.3, 0.4) is 0 Å². The van der Waals surface area contributed by atoms with Crippen molar-refractivity contribution in [3.8, 4) is 0 Å². The van der Waals surface area contributed by atoms with Crippen LogP contribution in [-0.2, 0) is 13.0 Å². The number of anilines is 1. The first-order chi connectivity index (χ1) is 11.8. The lowest BCUT2D eigenvalue weighted by Gasteiger charge is -2.24. The maximum absolute atomic E-state index is 13.1. The van der Waals surface area contributed by atoms with Crippen LogP contribution in [0.15, 0.2) is 40.3 Å². The van der Waals surface area contributed by atoms with E-state index >= 15 is 0 Å². The Balaban J connectivity index is 1.78. The number of thioether (sulfide) groups is 1. The van der Waals surface area contributed by atoms with Gasteiger partial charge in [0, 0.05) is 31.8 Å². The van der Waals surface area contributed by atoms with Gasteiger partial charge >= 0.3 is 0 Å². The Labute approximate surface area is 146 Å². The molecule has 0 aliphatic carbocycles. The number of hydrogen-bond acceptors (Lipinski definition) is 4. The molecule has 24 heavy (non-hydrogen) atoms. The minimum Gasteiger partial charge on any atom is -0.356 e. The highest BCUT2D eigenvalue weighted by Crippen LogP contribution is 2.28. The summed E-state index contributed by atoms with van der Waals surface area (Å²) in [5.41, 5.74) is 2.21. The third kappa shape index (κ3) is 3.09. The lowest BCUT2D eigenvalue weighted by Crippen LogP contribution is -2.33. The molecular formula is C19H23N3OS. The Morgan fingerprint density at radius 2 is 1.75 bits per heavy atom. The third-order valence-corrected chi connectivity index (χ3v) is 5.84. The molecule has 1 saturated heterocycles. The predicted octanol–water partition coefficient (Wildman–Crippen LogP) is 3.32. The second kappa shape index (κ2) is 7.01. The van der Waals surface area contributed by atoms with Crippen molar-refractivity contribution in [2.24, 2.45) is 0 Å². The lowest BCUT2D eigenvalue weighted by atomic mass is 10.1.